The molecule has 0 aromatic carbocycles. The number of carbonyl (C=O) groups excluding carboxylic acids is 2. The first kappa shape index (κ1) is 15.9. The van der Waals surface area contributed by atoms with Crippen LogP contribution in [0.5, 0.6) is 0 Å². The summed E-state index contributed by atoms with van der Waals surface area (Å²) < 4.78 is 13.0. The molecule has 0 radical (unpaired) electrons. The molecule has 2 amide bonds. The second-order valence-electron chi connectivity index (χ2n) is 8.78. The van der Waals surface area contributed by atoms with Crippen LogP contribution in [0.4, 0.5) is 0 Å². The van der Waals surface area contributed by atoms with Crippen LogP contribution in [0.3, 0.4) is 0 Å². The Hall–Kier alpha value is -0.970. The van der Waals surface area contributed by atoms with Gasteiger partial charge in [-0.1, -0.05) is 41.5 Å². The minimum absolute atomic E-state index is 0.146. The predicted molar refractivity (Wildman–Crippen MR) is 86.4 cm³/mol. The lowest BCUT2D eigenvalue weighted by molar-refractivity contribution is -0.138. The van der Waals surface area contributed by atoms with Crippen molar-refractivity contribution in [3.05, 3.63) is 11.1 Å². The Kier molecular flexibility index (Phi) is 3.12. The van der Waals surface area contributed by atoms with E-state index in [1.807, 2.05) is 0 Å². The molecule has 3 aliphatic rings. The fourth-order valence-corrected chi connectivity index (χ4v) is 7.40. The number of fused-ring (bicyclic) bond motifs is 5. The van der Waals surface area contributed by atoms with Crippen molar-refractivity contribution in [3.63, 3.8) is 0 Å². The van der Waals surface area contributed by atoms with E-state index < -0.39 is 22.6 Å². The van der Waals surface area contributed by atoms with Crippen molar-refractivity contribution >= 4 is 22.6 Å². The number of rotatable bonds is 0. The quantitative estimate of drug-likeness (QED) is 0.507. The summed E-state index contributed by atoms with van der Waals surface area (Å²) in [5.74, 6) is -1.12. The number of amides is 2. The highest BCUT2D eigenvalue weighted by Gasteiger charge is 2.68. The Morgan fingerprint density at radius 2 is 1.14 bits per heavy atom. The maximum absolute atomic E-state index is 13.0. The van der Waals surface area contributed by atoms with Gasteiger partial charge in [0, 0.05) is 17.8 Å². The van der Waals surface area contributed by atoms with Gasteiger partial charge in [0.2, 0.25) is 11.8 Å². The molecule has 3 rings (SSSR count). The monoisotopic (exact) mass is 323 g/mol. The van der Waals surface area contributed by atoms with E-state index in [9.17, 15) is 13.8 Å². The van der Waals surface area contributed by atoms with Gasteiger partial charge in [0.05, 0.1) is 22.3 Å². The van der Waals surface area contributed by atoms with Crippen molar-refractivity contribution in [1.82, 2.24) is 4.90 Å². The summed E-state index contributed by atoms with van der Waals surface area (Å²) in [4.78, 5) is 26.3. The third-order valence-electron chi connectivity index (χ3n) is 5.25. The van der Waals surface area contributed by atoms with E-state index in [1.54, 1.807) is 7.05 Å². The van der Waals surface area contributed by atoms with Gasteiger partial charge in [-0.05, 0) is 22.0 Å². The highest BCUT2D eigenvalue weighted by atomic mass is 32.2. The van der Waals surface area contributed by atoms with Gasteiger partial charge >= 0.3 is 0 Å². The van der Waals surface area contributed by atoms with Crippen LogP contribution < -0.4 is 0 Å². The molecule has 122 valence electrons. The zero-order chi connectivity index (χ0) is 16.8. The van der Waals surface area contributed by atoms with Crippen LogP contribution in [0.1, 0.15) is 41.5 Å². The molecule has 3 aliphatic heterocycles. The Bertz CT molecular complexity index is 583. The van der Waals surface area contributed by atoms with E-state index in [2.05, 4.69) is 41.5 Å². The molecule has 0 aromatic heterocycles. The Balaban J connectivity index is 2.25. The molecule has 5 heteroatoms. The molecule has 4 nitrogen and oxygen atoms in total. The first-order valence-electron chi connectivity index (χ1n) is 7.85. The lowest BCUT2D eigenvalue weighted by atomic mass is 9.64. The molecule has 22 heavy (non-hydrogen) atoms. The van der Waals surface area contributed by atoms with E-state index in [-0.39, 0.29) is 33.1 Å². The molecule has 2 bridgehead atoms. The second kappa shape index (κ2) is 4.31. The molecular formula is C17H25NO3S. The lowest BCUT2D eigenvalue weighted by Gasteiger charge is -2.37. The SMILES string of the molecule is CN1C(=O)C2C(C1=O)C1C(C(C)(C)C)=C(C(C)(C)C)C2S1=O. The van der Waals surface area contributed by atoms with Crippen LogP contribution in [0.15, 0.2) is 11.1 Å². The normalized spacial score (nSPS) is 38.3. The van der Waals surface area contributed by atoms with Crippen LogP contribution in [0.25, 0.3) is 0 Å². The fraction of sp³-hybridized carbons (Fsp3) is 0.765. The zero-order valence-corrected chi connectivity index (χ0v) is 15.2. The molecule has 4 unspecified atom stereocenters. The van der Waals surface area contributed by atoms with Gasteiger partial charge in [-0.15, -0.1) is 0 Å². The molecule has 0 aromatic rings. The molecule has 0 N–H and O–H groups in total. The Labute approximate surface area is 134 Å². The van der Waals surface area contributed by atoms with Gasteiger partial charge in [-0.25, -0.2) is 0 Å². The fourth-order valence-electron chi connectivity index (χ4n) is 4.51. The van der Waals surface area contributed by atoms with Crippen molar-refractivity contribution in [2.75, 3.05) is 7.05 Å². The summed E-state index contributed by atoms with van der Waals surface area (Å²) in [5, 5.41) is -0.573. The summed E-state index contributed by atoms with van der Waals surface area (Å²) >= 11 is 0. The topological polar surface area (TPSA) is 54.5 Å². The van der Waals surface area contributed by atoms with Crippen LogP contribution in [0, 0.1) is 22.7 Å². The maximum atomic E-state index is 13.0. The van der Waals surface area contributed by atoms with Gasteiger partial charge in [0.25, 0.3) is 0 Å². The van der Waals surface area contributed by atoms with Gasteiger partial charge in [-0.3, -0.25) is 18.7 Å². The van der Waals surface area contributed by atoms with Crippen LogP contribution in [-0.4, -0.2) is 38.5 Å². The van der Waals surface area contributed by atoms with Gasteiger partial charge in [0.1, 0.15) is 0 Å². The molecule has 2 saturated heterocycles. The summed E-state index contributed by atoms with van der Waals surface area (Å²) in [6.45, 7) is 12.7. The van der Waals surface area contributed by atoms with Crippen LogP contribution >= 0.6 is 0 Å². The van der Waals surface area contributed by atoms with Crippen molar-refractivity contribution in [2.24, 2.45) is 22.7 Å². The minimum atomic E-state index is -1.16. The molecule has 0 spiro atoms. The van der Waals surface area contributed by atoms with E-state index in [0.29, 0.717) is 0 Å². The summed E-state index contributed by atoms with van der Waals surface area (Å²) in [6, 6.07) is 0. The number of nitrogens with zero attached hydrogens (tertiary/aromatic N) is 1. The summed E-state index contributed by atoms with van der Waals surface area (Å²) in [6.07, 6.45) is 0. The molecule has 4 atom stereocenters. The number of hydrogen-bond acceptors (Lipinski definition) is 3. The third-order valence-corrected chi connectivity index (χ3v) is 7.31. The molecule has 3 heterocycles. The Morgan fingerprint density at radius 1 is 0.818 bits per heavy atom. The summed E-state index contributed by atoms with van der Waals surface area (Å²) in [7, 11) is 0.393. The highest BCUT2D eigenvalue weighted by Crippen LogP contribution is 2.60. The van der Waals surface area contributed by atoms with Crippen molar-refractivity contribution in [3.8, 4) is 0 Å². The number of likely N-dealkylation sites (tertiary alicyclic amines) is 1. The van der Waals surface area contributed by atoms with E-state index >= 15 is 0 Å². The number of imide groups is 1. The van der Waals surface area contributed by atoms with E-state index in [4.69, 9.17) is 0 Å². The first-order chi connectivity index (χ1) is 9.89. The smallest absolute Gasteiger partial charge is 0.234 e. The van der Waals surface area contributed by atoms with Gasteiger partial charge in [-0.2, -0.15) is 0 Å². The number of carbonyl (C=O) groups is 2. The third kappa shape index (κ3) is 1.78. The van der Waals surface area contributed by atoms with Gasteiger partial charge in [0.15, 0.2) is 0 Å². The molecule has 0 aliphatic carbocycles. The second-order valence-corrected chi connectivity index (χ2v) is 10.5. The van der Waals surface area contributed by atoms with E-state index in [1.165, 1.54) is 4.90 Å². The molecule has 2 fully saturated rings. The first-order valence-corrected chi connectivity index (χ1v) is 9.12. The predicted octanol–water partition coefficient (Wildman–Crippen LogP) is 2.12. The average molecular weight is 323 g/mol. The Morgan fingerprint density at radius 3 is 1.41 bits per heavy atom. The van der Waals surface area contributed by atoms with Crippen LogP contribution in [-0.2, 0) is 20.4 Å². The zero-order valence-electron chi connectivity index (χ0n) is 14.4. The maximum Gasteiger partial charge on any atom is 0.234 e. The average Bonchev–Trinajstić information content (AvgIpc) is 2.89. The molecular weight excluding hydrogens is 298 g/mol. The minimum Gasteiger partial charge on any atom is -0.285 e. The van der Waals surface area contributed by atoms with E-state index in [0.717, 1.165) is 11.1 Å². The highest BCUT2D eigenvalue weighted by molar-refractivity contribution is 7.87. The molecule has 0 saturated carbocycles. The number of hydrogen-bond donors (Lipinski definition) is 0. The largest absolute Gasteiger partial charge is 0.285 e. The van der Waals surface area contributed by atoms with Crippen molar-refractivity contribution < 1.29 is 13.8 Å². The van der Waals surface area contributed by atoms with Gasteiger partial charge < -0.3 is 0 Å². The van der Waals surface area contributed by atoms with Crippen molar-refractivity contribution in [2.45, 2.75) is 52.0 Å². The summed E-state index contributed by atoms with van der Waals surface area (Å²) in [5.41, 5.74) is 2.02. The standard InChI is InChI=1S/C17H25NO3S/c1-16(2,3)10-11(17(4,5)6)13-9-8(12(10)22(13)21)14(19)18(7)15(9)20/h8-9,12-13H,1-7H3. The van der Waals surface area contributed by atoms with Crippen LogP contribution in [0.2, 0.25) is 0 Å². The van der Waals surface area contributed by atoms with Crippen molar-refractivity contribution in [1.29, 1.82) is 0 Å². The lowest BCUT2D eigenvalue weighted by Crippen LogP contribution is -2.38.